The summed E-state index contributed by atoms with van der Waals surface area (Å²) in [4.78, 5) is 0. The molecular weight excluding hydrogens is 256 g/mol. The molecule has 84 valence electrons. The quantitative estimate of drug-likeness (QED) is 0.305. The Hall–Kier alpha value is 0.657. The molecule has 0 saturated carbocycles. The van der Waals surface area contributed by atoms with Crippen molar-refractivity contribution in [2.45, 2.75) is 68.9 Å². The first kappa shape index (κ1) is 12.7. The summed E-state index contributed by atoms with van der Waals surface area (Å²) in [6, 6.07) is 0. The number of epoxide rings is 1. The van der Waals surface area contributed by atoms with Crippen LogP contribution in [-0.4, -0.2) is 18.3 Å². The maximum absolute atomic E-state index is 5.83. The van der Waals surface area contributed by atoms with Crippen LogP contribution in [0.25, 0.3) is 0 Å². The molecule has 2 atom stereocenters. The van der Waals surface area contributed by atoms with Gasteiger partial charge in [0.15, 0.2) is 0 Å². The Morgan fingerprint density at radius 2 is 1.86 bits per heavy atom. The van der Waals surface area contributed by atoms with E-state index < -0.39 is 8.07 Å². The normalized spacial score (nSPS) is 31.9. The molecule has 0 aromatic carbocycles. The van der Waals surface area contributed by atoms with Gasteiger partial charge in [-0.1, -0.05) is 68.2 Å². The van der Waals surface area contributed by atoms with E-state index in [0.29, 0.717) is 6.10 Å². The standard InChI is InChI=1S/C11H23BrOSi/c1-5-6-7-8-9-10-11(12,13-10)14(2,3)4/h10H,5-9H2,1-4H3/t10-,11-/m0/s1. The highest BCUT2D eigenvalue weighted by atomic mass is 79.9. The van der Waals surface area contributed by atoms with Crippen molar-refractivity contribution >= 4 is 24.0 Å². The highest BCUT2D eigenvalue weighted by Crippen LogP contribution is 2.51. The van der Waals surface area contributed by atoms with Gasteiger partial charge in [0.25, 0.3) is 0 Å². The van der Waals surface area contributed by atoms with Gasteiger partial charge in [-0.15, -0.1) is 0 Å². The SMILES string of the molecule is CCCCCC[C@@H]1O[C@]1(Br)[Si](C)(C)C. The van der Waals surface area contributed by atoms with Gasteiger partial charge in [-0.3, -0.25) is 0 Å². The van der Waals surface area contributed by atoms with Gasteiger partial charge in [0.1, 0.15) is 4.13 Å². The molecule has 1 heterocycles. The van der Waals surface area contributed by atoms with Gasteiger partial charge in [0.05, 0.1) is 14.2 Å². The summed E-state index contributed by atoms with van der Waals surface area (Å²) in [5.74, 6) is 0. The molecule has 0 amide bonds. The number of halogens is 1. The average Bonchev–Trinajstić information content (AvgIpc) is 2.72. The minimum absolute atomic E-state index is 0.103. The molecule has 1 nitrogen and oxygen atoms in total. The molecule has 0 spiro atoms. The van der Waals surface area contributed by atoms with E-state index in [4.69, 9.17) is 4.74 Å². The van der Waals surface area contributed by atoms with Crippen LogP contribution in [0.5, 0.6) is 0 Å². The van der Waals surface area contributed by atoms with Crippen molar-refractivity contribution in [3.63, 3.8) is 0 Å². The molecule has 0 aromatic heterocycles. The van der Waals surface area contributed by atoms with Gasteiger partial charge < -0.3 is 4.74 Å². The van der Waals surface area contributed by atoms with Gasteiger partial charge in [-0.2, -0.15) is 0 Å². The van der Waals surface area contributed by atoms with Crippen LogP contribution >= 0.6 is 15.9 Å². The van der Waals surface area contributed by atoms with Crippen LogP contribution in [0, 0.1) is 0 Å². The third-order valence-electron chi connectivity index (χ3n) is 3.01. The Labute approximate surface area is 97.7 Å². The fourth-order valence-electron chi connectivity index (χ4n) is 1.83. The van der Waals surface area contributed by atoms with E-state index in [1.54, 1.807) is 0 Å². The van der Waals surface area contributed by atoms with Crippen LogP contribution < -0.4 is 0 Å². The second-order valence-corrected chi connectivity index (χ2v) is 12.5. The van der Waals surface area contributed by atoms with Crippen molar-refractivity contribution in [3.8, 4) is 0 Å². The molecule has 1 fully saturated rings. The highest BCUT2D eigenvalue weighted by molar-refractivity contribution is 9.10. The summed E-state index contributed by atoms with van der Waals surface area (Å²) in [6.45, 7) is 9.36. The van der Waals surface area contributed by atoms with Crippen LogP contribution in [0.1, 0.15) is 39.0 Å². The van der Waals surface area contributed by atoms with Gasteiger partial charge in [-0.25, -0.2) is 0 Å². The zero-order valence-corrected chi connectivity index (χ0v) is 12.5. The molecule has 14 heavy (non-hydrogen) atoms. The smallest absolute Gasteiger partial charge is 0.135 e. The van der Waals surface area contributed by atoms with Crippen molar-refractivity contribution in [3.05, 3.63) is 0 Å². The molecule has 0 aliphatic carbocycles. The lowest BCUT2D eigenvalue weighted by molar-refractivity contribution is 0.371. The van der Waals surface area contributed by atoms with Gasteiger partial charge in [0, 0.05) is 0 Å². The van der Waals surface area contributed by atoms with E-state index in [1.807, 2.05) is 0 Å². The summed E-state index contributed by atoms with van der Waals surface area (Å²) >= 11 is 3.79. The minimum atomic E-state index is -1.18. The van der Waals surface area contributed by atoms with E-state index >= 15 is 0 Å². The topological polar surface area (TPSA) is 12.5 Å². The van der Waals surface area contributed by atoms with Crippen molar-refractivity contribution in [1.29, 1.82) is 0 Å². The summed E-state index contributed by atoms with van der Waals surface area (Å²) in [5, 5.41) is 0. The molecule has 1 saturated heterocycles. The molecule has 0 unspecified atom stereocenters. The number of ether oxygens (including phenoxy) is 1. The molecule has 0 radical (unpaired) electrons. The van der Waals surface area contributed by atoms with Gasteiger partial charge in [-0.05, 0) is 6.42 Å². The van der Waals surface area contributed by atoms with Crippen molar-refractivity contribution in [2.75, 3.05) is 0 Å². The number of rotatable bonds is 6. The first-order valence-corrected chi connectivity index (χ1v) is 10.1. The molecule has 0 bridgehead atoms. The Balaban J connectivity index is 2.19. The lowest BCUT2D eigenvalue weighted by Crippen LogP contribution is -2.38. The Bertz CT molecular complexity index is 190. The predicted molar refractivity (Wildman–Crippen MR) is 68.6 cm³/mol. The first-order valence-electron chi connectivity index (χ1n) is 5.78. The largest absolute Gasteiger partial charge is 0.358 e. The summed E-state index contributed by atoms with van der Waals surface area (Å²) in [6.07, 6.45) is 7.14. The maximum Gasteiger partial charge on any atom is 0.135 e. The zero-order valence-electron chi connectivity index (χ0n) is 9.90. The number of hydrogen-bond acceptors (Lipinski definition) is 1. The maximum atomic E-state index is 5.83. The van der Waals surface area contributed by atoms with Crippen LogP contribution in [0.3, 0.4) is 0 Å². The van der Waals surface area contributed by atoms with E-state index in [9.17, 15) is 0 Å². The second-order valence-electron chi connectivity index (χ2n) is 5.35. The molecule has 1 aliphatic heterocycles. The number of hydrogen-bond donors (Lipinski definition) is 0. The highest BCUT2D eigenvalue weighted by Gasteiger charge is 2.61. The van der Waals surface area contributed by atoms with E-state index in [2.05, 4.69) is 42.5 Å². The van der Waals surface area contributed by atoms with Crippen molar-refractivity contribution in [1.82, 2.24) is 0 Å². The van der Waals surface area contributed by atoms with Gasteiger partial charge >= 0.3 is 0 Å². The van der Waals surface area contributed by atoms with Crippen molar-refractivity contribution in [2.24, 2.45) is 0 Å². The Kier molecular flexibility index (Phi) is 4.24. The zero-order chi connectivity index (χ0) is 10.8. The summed E-state index contributed by atoms with van der Waals surface area (Å²) in [5.41, 5.74) is 0. The third-order valence-corrected chi connectivity index (χ3v) is 9.76. The molecule has 0 N–H and O–H groups in total. The third kappa shape index (κ3) is 2.83. The second kappa shape index (κ2) is 4.66. The molecule has 0 aromatic rings. The summed E-state index contributed by atoms with van der Waals surface area (Å²) in [7, 11) is -1.18. The molecule has 3 heteroatoms. The summed E-state index contributed by atoms with van der Waals surface area (Å²) < 4.78 is 5.93. The lowest BCUT2D eigenvalue weighted by atomic mass is 10.1. The monoisotopic (exact) mass is 278 g/mol. The first-order chi connectivity index (χ1) is 6.42. The molecular formula is C11H23BrOSi. The van der Waals surface area contributed by atoms with Crippen molar-refractivity contribution < 1.29 is 4.74 Å². The molecule has 1 aliphatic rings. The Morgan fingerprint density at radius 1 is 1.21 bits per heavy atom. The average molecular weight is 279 g/mol. The Morgan fingerprint density at radius 3 is 2.29 bits per heavy atom. The van der Waals surface area contributed by atoms with Crippen LogP contribution in [0.4, 0.5) is 0 Å². The minimum Gasteiger partial charge on any atom is -0.358 e. The fraction of sp³-hybridized carbons (Fsp3) is 1.00. The van der Waals surface area contributed by atoms with Crippen LogP contribution in [0.2, 0.25) is 19.6 Å². The van der Waals surface area contributed by atoms with Crippen LogP contribution in [0.15, 0.2) is 0 Å². The van der Waals surface area contributed by atoms with E-state index in [0.717, 1.165) is 0 Å². The fourth-order valence-corrected chi connectivity index (χ4v) is 3.89. The van der Waals surface area contributed by atoms with E-state index in [1.165, 1.54) is 32.1 Å². The predicted octanol–water partition coefficient (Wildman–Crippen LogP) is 4.32. The lowest BCUT2D eigenvalue weighted by Gasteiger charge is -2.19. The van der Waals surface area contributed by atoms with E-state index in [-0.39, 0.29) is 4.13 Å². The number of unbranched alkanes of at least 4 members (excludes halogenated alkanes) is 3. The number of alkyl halides is 1. The van der Waals surface area contributed by atoms with Gasteiger partial charge in [0.2, 0.25) is 0 Å². The molecule has 1 rings (SSSR count). The van der Waals surface area contributed by atoms with Crippen LogP contribution in [-0.2, 0) is 4.74 Å².